The molecule has 144 valence electrons. The van der Waals surface area contributed by atoms with Gasteiger partial charge in [-0.3, -0.25) is 9.59 Å². The molecule has 0 atom stereocenters. The molecule has 1 saturated heterocycles. The molecule has 0 bridgehead atoms. The molecule has 28 heavy (non-hydrogen) atoms. The second kappa shape index (κ2) is 7.72. The number of amides is 2. The lowest BCUT2D eigenvalue weighted by Gasteiger charge is -2.34. The van der Waals surface area contributed by atoms with Gasteiger partial charge in [-0.25, -0.2) is 4.98 Å². The SMILES string of the molecule is Cc1nc2cc(C(=O)N3CCN(C(=O)COc4ccccc4)CC3)ccc2o1. The number of nitrogens with zero attached hydrogens (tertiary/aromatic N) is 3. The first-order valence-electron chi connectivity index (χ1n) is 9.22. The normalized spacial score (nSPS) is 14.3. The number of rotatable bonds is 4. The average molecular weight is 379 g/mol. The third-order valence-electron chi connectivity index (χ3n) is 4.77. The fourth-order valence-corrected chi connectivity index (χ4v) is 3.27. The Balaban J connectivity index is 1.32. The Morgan fingerprint density at radius 1 is 1.04 bits per heavy atom. The zero-order chi connectivity index (χ0) is 19.5. The van der Waals surface area contributed by atoms with Crippen molar-refractivity contribution in [3.8, 4) is 5.75 Å². The highest BCUT2D eigenvalue weighted by Crippen LogP contribution is 2.18. The third-order valence-corrected chi connectivity index (χ3v) is 4.77. The van der Waals surface area contributed by atoms with E-state index in [0.29, 0.717) is 54.5 Å². The first-order valence-corrected chi connectivity index (χ1v) is 9.22. The van der Waals surface area contributed by atoms with Gasteiger partial charge in [0.05, 0.1) is 0 Å². The maximum absolute atomic E-state index is 12.8. The molecule has 0 N–H and O–H groups in total. The Kier molecular flexibility index (Phi) is 4.97. The van der Waals surface area contributed by atoms with Gasteiger partial charge in [0, 0.05) is 38.7 Å². The summed E-state index contributed by atoms with van der Waals surface area (Å²) in [5.74, 6) is 1.11. The topological polar surface area (TPSA) is 75.9 Å². The van der Waals surface area contributed by atoms with E-state index in [1.165, 1.54) is 0 Å². The molecule has 0 radical (unpaired) electrons. The van der Waals surface area contributed by atoms with Crippen molar-refractivity contribution in [2.75, 3.05) is 32.8 Å². The monoisotopic (exact) mass is 379 g/mol. The van der Waals surface area contributed by atoms with Gasteiger partial charge in [0.15, 0.2) is 18.1 Å². The molecule has 3 aromatic rings. The predicted molar refractivity (Wildman–Crippen MR) is 103 cm³/mol. The molecule has 1 aliphatic heterocycles. The highest BCUT2D eigenvalue weighted by molar-refractivity contribution is 5.97. The number of fused-ring (bicyclic) bond motifs is 1. The van der Waals surface area contributed by atoms with Gasteiger partial charge < -0.3 is 19.0 Å². The number of hydrogen-bond acceptors (Lipinski definition) is 5. The minimum Gasteiger partial charge on any atom is -0.484 e. The standard InChI is InChI=1S/C21H21N3O4/c1-15-22-18-13-16(7-8-19(18)28-15)21(26)24-11-9-23(10-12-24)20(25)14-27-17-5-3-2-4-6-17/h2-8,13H,9-12,14H2,1H3. The van der Waals surface area contributed by atoms with Gasteiger partial charge >= 0.3 is 0 Å². The fraction of sp³-hybridized carbons (Fsp3) is 0.286. The molecule has 0 saturated carbocycles. The van der Waals surface area contributed by atoms with Crippen LogP contribution in [0.3, 0.4) is 0 Å². The van der Waals surface area contributed by atoms with Gasteiger partial charge in [-0.1, -0.05) is 18.2 Å². The Morgan fingerprint density at radius 3 is 2.50 bits per heavy atom. The Labute approximate surface area is 162 Å². The number of para-hydroxylation sites is 1. The number of carbonyl (C=O) groups is 2. The van der Waals surface area contributed by atoms with E-state index in [1.54, 1.807) is 34.9 Å². The van der Waals surface area contributed by atoms with Gasteiger partial charge in [0.25, 0.3) is 11.8 Å². The maximum Gasteiger partial charge on any atom is 0.260 e. The van der Waals surface area contributed by atoms with Crippen LogP contribution in [0, 0.1) is 6.92 Å². The lowest BCUT2D eigenvalue weighted by molar-refractivity contribution is -0.134. The van der Waals surface area contributed by atoms with Crippen LogP contribution in [-0.4, -0.2) is 59.4 Å². The van der Waals surface area contributed by atoms with E-state index in [2.05, 4.69) is 4.98 Å². The smallest absolute Gasteiger partial charge is 0.260 e. The summed E-state index contributed by atoms with van der Waals surface area (Å²) >= 11 is 0. The van der Waals surface area contributed by atoms with Crippen molar-refractivity contribution in [3.05, 3.63) is 60.0 Å². The molecule has 1 fully saturated rings. The third kappa shape index (κ3) is 3.83. The molecule has 2 heterocycles. The molecule has 0 aliphatic carbocycles. The number of hydrogen-bond donors (Lipinski definition) is 0. The molecule has 1 aliphatic rings. The van der Waals surface area contributed by atoms with Crippen molar-refractivity contribution >= 4 is 22.9 Å². The van der Waals surface area contributed by atoms with Crippen LogP contribution in [0.25, 0.3) is 11.1 Å². The van der Waals surface area contributed by atoms with Gasteiger partial charge in [-0.2, -0.15) is 0 Å². The van der Waals surface area contributed by atoms with Crippen molar-refractivity contribution < 1.29 is 18.7 Å². The summed E-state index contributed by atoms with van der Waals surface area (Å²) in [6, 6.07) is 14.5. The van der Waals surface area contributed by atoms with E-state index in [4.69, 9.17) is 9.15 Å². The van der Waals surface area contributed by atoms with Crippen LogP contribution in [0.1, 0.15) is 16.2 Å². The van der Waals surface area contributed by atoms with Crippen LogP contribution < -0.4 is 4.74 Å². The van der Waals surface area contributed by atoms with Gasteiger partial charge in [0.2, 0.25) is 0 Å². The van der Waals surface area contributed by atoms with Crippen LogP contribution in [0.5, 0.6) is 5.75 Å². The second-order valence-electron chi connectivity index (χ2n) is 6.69. The van der Waals surface area contributed by atoms with E-state index in [1.807, 2.05) is 30.3 Å². The Morgan fingerprint density at radius 2 is 1.75 bits per heavy atom. The lowest BCUT2D eigenvalue weighted by atomic mass is 10.1. The predicted octanol–water partition coefficient (Wildman–Crippen LogP) is 2.50. The molecule has 7 heteroatoms. The molecular weight excluding hydrogens is 358 g/mol. The van der Waals surface area contributed by atoms with Crippen molar-refractivity contribution in [2.45, 2.75) is 6.92 Å². The number of carbonyl (C=O) groups excluding carboxylic acids is 2. The number of oxazole rings is 1. The van der Waals surface area contributed by atoms with E-state index >= 15 is 0 Å². The van der Waals surface area contributed by atoms with Gasteiger partial charge in [-0.15, -0.1) is 0 Å². The van der Waals surface area contributed by atoms with E-state index in [-0.39, 0.29) is 18.4 Å². The first-order chi connectivity index (χ1) is 13.6. The summed E-state index contributed by atoms with van der Waals surface area (Å²) in [7, 11) is 0. The van der Waals surface area contributed by atoms with Crippen molar-refractivity contribution in [2.24, 2.45) is 0 Å². The zero-order valence-corrected chi connectivity index (χ0v) is 15.6. The summed E-state index contributed by atoms with van der Waals surface area (Å²) in [4.78, 5) is 32.9. The second-order valence-corrected chi connectivity index (χ2v) is 6.69. The van der Waals surface area contributed by atoms with Crippen LogP contribution in [-0.2, 0) is 4.79 Å². The number of aryl methyl sites for hydroxylation is 1. The van der Waals surface area contributed by atoms with Crippen molar-refractivity contribution in [1.29, 1.82) is 0 Å². The summed E-state index contributed by atoms with van der Waals surface area (Å²) in [5, 5.41) is 0. The quantitative estimate of drug-likeness (QED) is 0.696. The first kappa shape index (κ1) is 18.0. The van der Waals surface area contributed by atoms with E-state index in [9.17, 15) is 9.59 Å². The summed E-state index contributed by atoms with van der Waals surface area (Å²) in [6.45, 7) is 3.75. The molecule has 0 unspecified atom stereocenters. The number of ether oxygens (including phenoxy) is 1. The van der Waals surface area contributed by atoms with Crippen LogP contribution in [0.2, 0.25) is 0 Å². The van der Waals surface area contributed by atoms with Crippen LogP contribution in [0.4, 0.5) is 0 Å². The Bertz CT molecular complexity index is 991. The molecule has 2 amide bonds. The van der Waals surface area contributed by atoms with Crippen LogP contribution in [0.15, 0.2) is 52.9 Å². The van der Waals surface area contributed by atoms with E-state index in [0.717, 1.165) is 0 Å². The molecule has 0 spiro atoms. The molecule has 1 aromatic heterocycles. The van der Waals surface area contributed by atoms with E-state index < -0.39 is 0 Å². The average Bonchev–Trinajstić information content (AvgIpc) is 3.11. The largest absolute Gasteiger partial charge is 0.484 e. The zero-order valence-electron chi connectivity index (χ0n) is 15.6. The fourth-order valence-electron chi connectivity index (χ4n) is 3.27. The molecule has 2 aromatic carbocycles. The molecular formula is C21H21N3O4. The van der Waals surface area contributed by atoms with Gasteiger partial charge in [0.1, 0.15) is 11.3 Å². The minimum absolute atomic E-state index is 0.000136. The minimum atomic E-state index is -0.0737. The maximum atomic E-state index is 12.8. The highest BCUT2D eigenvalue weighted by Gasteiger charge is 2.25. The van der Waals surface area contributed by atoms with Crippen molar-refractivity contribution in [1.82, 2.24) is 14.8 Å². The lowest BCUT2D eigenvalue weighted by Crippen LogP contribution is -2.51. The summed E-state index contributed by atoms with van der Waals surface area (Å²) in [5.41, 5.74) is 1.92. The van der Waals surface area contributed by atoms with Crippen LogP contribution >= 0.6 is 0 Å². The van der Waals surface area contributed by atoms with Crippen molar-refractivity contribution in [3.63, 3.8) is 0 Å². The highest BCUT2D eigenvalue weighted by atomic mass is 16.5. The number of piperazine rings is 1. The number of benzene rings is 2. The summed E-state index contributed by atoms with van der Waals surface area (Å²) < 4.78 is 11.0. The number of aromatic nitrogens is 1. The summed E-state index contributed by atoms with van der Waals surface area (Å²) in [6.07, 6.45) is 0. The molecule has 7 nitrogen and oxygen atoms in total. The molecule has 4 rings (SSSR count). The van der Waals surface area contributed by atoms with Gasteiger partial charge in [-0.05, 0) is 30.3 Å². The Hall–Kier alpha value is -3.35.